The molecule has 0 aliphatic rings. The Kier molecular flexibility index (Phi) is 5.17. The summed E-state index contributed by atoms with van der Waals surface area (Å²) in [6, 6.07) is 6.33. The zero-order chi connectivity index (χ0) is 14.5. The van der Waals surface area contributed by atoms with Crippen molar-refractivity contribution >= 4 is 17.3 Å². The van der Waals surface area contributed by atoms with Gasteiger partial charge in [-0.3, -0.25) is 4.79 Å². The first-order chi connectivity index (χ1) is 8.85. The molecule has 7 heteroatoms. The number of alkyl halides is 3. The summed E-state index contributed by atoms with van der Waals surface area (Å²) < 4.78 is 36.3. The number of nitrogens with zero attached hydrogens (tertiary/aromatic N) is 1. The first-order valence-electron chi connectivity index (χ1n) is 5.67. The summed E-state index contributed by atoms with van der Waals surface area (Å²) in [6.07, 6.45) is -6.25. The topological polar surface area (TPSA) is 66.6 Å². The molecule has 0 aliphatic heterocycles. The van der Waals surface area contributed by atoms with Gasteiger partial charge >= 0.3 is 6.18 Å². The fraction of sp³-hybridized carbons (Fsp3) is 0.417. The van der Waals surface area contributed by atoms with Crippen molar-refractivity contribution in [1.29, 1.82) is 0 Å². The van der Waals surface area contributed by atoms with Crippen molar-refractivity contribution in [2.75, 3.05) is 23.8 Å². The monoisotopic (exact) mass is 276 g/mol. The molecule has 0 saturated carbocycles. The number of nitrogen functional groups attached to an aromatic ring is 1. The van der Waals surface area contributed by atoms with Crippen molar-refractivity contribution in [3.8, 4) is 0 Å². The largest absolute Gasteiger partial charge is 0.397 e. The smallest absolute Gasteiger partial charge is 0.389 e. The molecule has 3 N–H and O–H groups in total. The van der Waals surface area contributed by atoms with E-state index in [9.17, 15) is 18.0 Å². The minimum absolute atomic E-state index is 0.0924. The van der Waals surface area contributed by atoms with E-state index in [0.717, 1.165) is 4.90 Å². The third-order valence-corrected chi connectivity index (χ3v) is 2.47. The molecule has 0 unspecified atom stereocenters. The summed E-state index contributed by atoms with van der Waals surface area (Å²) in [5.74, 6) is -0.718. The standard InChI is InChI=1S/C12H15F3N2O2/c13-12(14,15)6-5-11(19)17(7-8-18)10-4-2-1-3-9(10)16/h1-4,18H,5-8,16H2. The van der Waals surface area contributed by atoms with Gasteiger partial charge < -0.3 is 15.7 Å². The van der Waals surface area contributed by atoms with Crippen molar-refractivity contribution in [3.63, 3.8) is 0 Å². The fourth-order valence-corrected chi connectivity index (χ4v) is 1.60. The van der Waals surface area contributed by atoms with Crippen LogP contribution in [0.15, 0.2) is 24.3 Å². The molecule has 1 amide bonds. The van der Waals surface area contributed by atoms with Crippen molar-refractivity contribution in [1.82, 2.24) is 0 Å². The van der Waals surface area contributed by atoms with Crippen LogP contribution in [0.5, 0.6) is 0 Å². The fourth-order valence-electron chi connectivity index (χ4n) is 1.60. The number of hydrogen-bond donors (Lipinski definition) is 2. The van der Waals surface area contributed by atoms with E-state index < -0.39 is 24.9 Å². The van der Waals surface area contributed by atoms with Crippen LogP contribution in [0.4, 0.5) is 24.5 Å². The Morgan fingerprint density at radius 3 is 2.47 bits per heavy atom. The van der Waals surface area contributed by atoms with E-state index in [-0.39, 0.29) is 18.8 Å². The summed E-state index contributed by atoms with van der Waals surface area (Å²) in [5, 5.41) is 8.91. The molecule has 0 radical (unpaired) electrons. The Hall–Kier alpha value is -1.76. The average molecular weight is 276 g/mol. The van der Waals surface area contributed by atoms with Crippen molar-refractivity contribution in [2.24, 2.45) is 0 Å². The van der Waals surface area contributed by atoms with Crippen LogP contribution in [0, 0.1) is 0 Å². The minimum Gasteiger partial charge on any atom is -0.397 e. The summed E-state index contributed by atoms with van der Waals surface area (Å²) in [5.41, 5.74) is 6.26. The highest BCUT2D eigenvalue weighted by Gasteiger charge is 2.29. The molecular weight excluding hydrogens is 261 g/mol. The maximum absolute atomic E-state index is 12.1. The van der Waals surface area contributed by atoms with Gasteiger partial charge in [-0.25, -0.2) is 0 Å². The Morgan fingerprint density at radius 2 is 1.95 bits per heavy atom. The molecule has 0 atom stereocenters. The van der Waals surface area contributed by atoms with Gasteiger partial charge in [-0.1, -0.05) is 12.1 Å². The number of anilines is 2. The molecule has 0 bridgehead atoms. The SMILES string of the molecule is Nc1ccccc1N(CCO)C(=O)CCC(F)(F)F. The third kappa shape index (κ3) is 4.78. The lowest BCUT2D eigenvalue weighted by atomic mass is 10.2. The Bertz CT molecular complexity index is 435. The summed E-state index contributed by atoms with van der Waals surface area (Å²) in [7, 11) is 0. The van der Waals surface area contributed by atoms with E-state index in [1.54, 1.807) is 12.1 Å². The van der Waals surface area contributed by atoms with E-state index in [4.69, 9.17) is 10.8 Å². The molecule has 0 heterocycles. The van der Waals surface area contributed by atoms with E-state index in [0.29, 0.717) is 5.69 Å². The van der Waals surface area contributed by atoms with Gasteiger partial charge in [0, 0.05) is 13.0 Å². The summed E-state index contributed by atoms with van der Waals surface area (Å²) in [4.78, 5) is 12.9. The van der Waals surface area contributed by atoms with E-state index >= 15 is 0 Å². The second-order valence-corrected chi connectivity index (χ2v) is 3.94. The molecule has 1 aromatic carbocycles. The van der Waals surface area contributed by atoms with Crippen LogP contribution < -0.4 is 10.6 Å². The first kappa shape index (κ1) is 15.3. The first-order valence-corrected chi connectivity index (χ1v) is 5.67. The second-order valence-electron chi connectivity index (χ2n) is 3.94. The maximum atomic E-state index is 12.1. The van der Waals surface area contributed by atoms with E-state index in [1.807, 2.05) is 0 Å². The minimum atomic E-state index is -4.39. The number of para-hydroxylation sites is 2. The highest BCUT2D eigenvalue weighted by atomic mass is 19.4. The zero-order valence-electron chi connectivity index (χ0n) is 10.2. The van der Waals surface area contributed by atoms with Crippen LogP contribution in [-0.2, 0) is 4.79 Å². The molecule has 0 aliphatic carbocycles. The van der Waals surface area contributed by atoms with Crippen LogP contribution in [0.2, 0.25) is 0 Å². The lowest BCUT2D eigenvalue weighted by Gasteiger charge is -2.23. The molecule has 19 heavy (non-hydrogen) atoms. The molecular formula is C12H15F3N2O2. The third-order valence-electron chi connectivity index (χ3n) is 2.47. The highest BCUT2D eigenvalue weighted by molar-refractivity contribution is 5.96. The maximum Gasteiger partial charge on any atom is 0.389 e. The van der Waals surface area contributed by atoms with E-state index in [2.05, 4.69) is 0 Å². The van der Waals surface area contributed by atoms with Gasteiger partial charge in [0.2, 0.25) is 5.91 Å². The number of rotatable bonds is 5. The molecule has 0 saturated heterocycles. The van der Waals surface area contributed by atoms with Gasteiger partial charge in [-0.2, -0.15) is 13.2 Å². The number of benzene rings is 1. The molecule has 0 spiro atoms. The number of amides is 1. The number of aliphatic hydroxyl groups is 1. The highest BCUT2D eigenvalue weighted by Crippen LogP contribution is 2.26. The lowest BCUT2D eigenvalue weighted by Crippen LogP contribution is -2.34. The van der Waals surface area contributed by atoms with Crippen LogP contribution in [0.25, 0.3) is 0 Å². The van der Waals surface area contributed by atoms with Crippen LogP contribution >= 0.6 is 0 Å². The molecule has 1 rings (SSSR count). The molecule has 4 nitrogen and oxygen atoms in total. The van der Waals surface area contributed by atoms with Gasteiger partial charge in [0.1, 0.15) is 0 Å². The van der Waals surface area contributed by atoms with Gasteiger partial charge in [-0.05, 0) is 12.1 Å². The van der Waals surface area contributed by atoms with Gasteiger partial charge in [0.25, 0.3) is 0 Å². The van der Waals surface area contributed by atoms with Crippen molar-refractivity contribution in [2.45, 2.75) is 19.0 Å². The molecule has 1 aromatic rings. The van der Waals surface area contributed by atoms with Crippen molar-refractivity contribution in [3.05, 3.63) is 24.3 Å². The number of carbonyl (C=O) groups is 1. The van der Waals surface area contributed by atoms with Crippen LogP contribution in [-0.4, -0.2) is 30.3 Å². The summed E-state index contributed by atoms with van der Waals surface area (Å²) >= 11 is 0. The van der Waals surface area contributed by atoms with Gasteiger partial charge in [-0.15, -0.1) is 0 Å². The second kappa shape index (κ2) is 6.42. The Morgan fingerprint density at radius 1 is 1.32 bits per heavy atom. The predicted octanol–water partition coefficient (Wildman–Crippen LogP) is 1.94. The average Bonchev–Trinajstić information content (AvgIpc) is 2.33. The lowest BCUT2D eigenvalue weighted by molar-refractivity contribution is -0.143. The van der Waals surface area contributed by atoms with E-state index in [1.165, 1.54) is 12.1 Å². The van der Waals surface area contributed by atoms with Gasteiger partial charge in [0.15, 0.2) is 0 Å². The predicted molar refractivity (Wildman–Crippen MR) is 65.6 cm³/mol. The molecule has 0 aromatic heterocycles. The number of hydrogen-bond acceptors (Lipinski definition) is 3. The number of nitrogens with two attached hydrogens (primary N) is 1. The molecule has 0 fully saturated rings. The Labute approximate surface area is 108 Å². The number of carbonyl (C=O) groups excluding carboxylic acids is 1. The quantitative estimate of drug-likeness (QED) is 0.808. The zero-order valence-corrected chi connectivity index (χ0v) is 10.2. The van der Waals surface area contributed by atoms with Gasteiger partial charge in [0.05, 0.1) is 24.4 Å². The Balaban J connectivity index is 2.83. The number of aliphatic hydroxyl groups excluding tert-OH is 1. The van der Waals surface area contributed by atoms with Crippen LogP contribution in [0.1, 0.15) is 12.8 Å². The summed E-state index contributed by atoms with van der Waals surface area (Å²) in [6.45, 7) is -0.447. The number of halogens is 3. The van der Waals surface area contributed by atoms with Crippen LogP contribution in [0.3, 0.4) is 0 Å². The van der Waals surface area contributed by atoms with Crippen molar-refractivity contribution < 1.29 is 23.1 Å². The normalized spacial score (nSPS) is 11.4. The molecule has 106 valence electrons.